The van der Waals surface area contributed by atoms with Crippen molar-refractivity contribution in [2.24, 2.45) is 0 Å². The van der Waals surface area contributed by atoms with Gasteiger partial charge in [-0.2, -0.15) is 0 Å². The molecule has 2 N–H and O–H groups in total. The molecule has 0 unspecified atom stereocenters. The number of hydrogen-bond acceptors (Lipinski definition) is 3. The first-order valence-corrected chi connectivity index (χ1v) is 8.60. The van der Waals surface area contributed by atoms with Crippen molar-refractivity contribution in [3.05, 3.63) is 59.7 Å². The summed E-state index contributed by atoms with van der Waals surface area (Å²) < 4.78 is 5.53. The van der Waals surface area contributed by atoms with Crippen molar-refractivity contribution in [3.63, 3.8) is 0 Å². The molecule has 0 bridgehead atoms. The van der Waals surface area contributed by atoms with Gasteiger partial charge in [0.05, 0.1) is 6.42 Å². The Hall–Kier alpha value is -2.82. The Kier molecular flexibility index (Phi) is 6.39. The van der Waals surface area contributed by atoms with Gasteiger partial charge >= 0.3 is 0 Å². The number of likely N-dealkylation sites (N-methyl/N-ethyl adjacent to an activating group) is 1. The Morgan fingerprint density at radius 1 is 0.923 bits per heavy atom. The summed E-state index contributed by atoms with van der Waals surface area (Å²) in [6, 6.07) is 15.0. The van der Waals surface area contributed by atoms with Gasteiger partial charge < -0.3 is 15.4 Å². The van der Waals surface area contributed by atoms with E-state index in [2.05, 4.69) is 31.4 Å². The Balaban J connectivity index is 1.84. The summed E-state index contributed by atoms with van der Waals surface area (Å²) in [4.78, 5) is 23.4. The smallest absolute Gasteiger partial charge is 0.262 e. The number of ether oxygens (including phenoxy) is 1. The highest BCUT2D eigenvalue weighted by molar-refractivity contribution is 5.92. The molecular formula is C21H26N2O3. The second kappa shape index (κ2) is 8.52. The van der Waals surface area contributed by atoms with Gasteiger partial charge in [-0.15, -0.1) is 0 Å². The van der Waals surface area contributed by atoms with Crippen molar-refractivity contribution in [2.75, 3.05) is 19.0 Å². The van der Waals surface area contributed by atoms with Gasteiger partial charge in [-0.05, 0) is 40.8 Å². The van der Waals surface area contributed by atoms with Crippen LogP contribution >= 0.6 is 0 Å². The van der Waals surface area contributed by atoms with Crippen molar-refractivity contribution in [1.29, 1.82) is 0 Å². The minimum atomic E-state index is -0.232. The lowest BCUT2D eigenvalue weighted by Gasteiger charge is -2.19. The Morgan fingerprint density at radius 3 is 2.08 bits per heavy atom. The van der Waals surface area contributed by atoms with E-state index in [1.54, 1.807) is 19.2 Å². The molecule has 26 heavy (non-hydrogen) atoms. The number of carbonyl (C=O) groups excluding carboxylic acids is 2. The first-order valence-electron chi connectivity index (χ1n) is 8.60. The summed E-state index contributed by atoms with van der Waals surface area (Å²) in [6.07, 6.45) is 0.318. The highest BCUT2D eigenvalue weighted by atomic mass is 16.5. The largest absolute Gasteiger partial charge is 0.484 e. The average Bonchev–Trinajstić information content (AvgIpc) is 2.61. The molecule has 2 amide bonds. The molecule has 0 saturated heterocycles. The highest BCUT2D eigenvalue weighted by Crippen LogP contribution is 2.24. The minimum Gasteiger partial charge on any atom is -0.484 e. The summed E-state index contributed by atoms with van der Waals surface area (Å²) in [5, 5.41) is 5.36. The summed E-state index contributed by atoms with van der Waals surface area (Å²) in [7, 11) is 1.60. The van der Waals surface area contributed by atoms with Gasteiger partial charge in [-0.1, -0.05) is 45.0 Å². The van der Waals surface area contributed by atoms with E-state index in [1.807, 2.05) is 36.4 Å². The lowest BCUT2D eigenvalue weighted by Crippen LogP contribution is -2.21. The standard InChI is InChI=1S/C21H26N2O3/c1-21(2,3)16-7-11-18(12-8-16)26-14-20(25)23-17-9-5-15(6-10-17)13-19(24)22-4/h5-12H,13-14H2,1-4H3,(H,22,24)(H,23,25). The fourth-order valence-electron chi connectivity index (χ4n) is 2.38. The average molecular weight is 354 g/mol. The van der Waals surface area contributed by atoms with Gasteiger partial charge in [0.1, 0.15) is 5.75 Å². The number of amides is 2. The molecule has 0 atom stereocenters. The quantitative estimate of drug-likeness (QED) is 0.836. The van der Waals surface area contributed by atoms with Crippen LogP contribution in [0.2, 0.25) is 0 Å². The number of benzene rings is 2. The molecule has 5 heteroatoms. The Bertz CT molecular complexity index is 744. The monoisotopic (exact) mass is 354 g/mol. The maximum Gasteiger partial charge on any atom is 0.262 e. The van der Waals surface area contributed by atoms with E-state index in [0.29, 0.717) is 17.9 Å². The second-order valence-electron chi connectivity index (χ2n) is 7.16. The summed E-state index contributed by atoms with van der Waals surface area (Å²) in [5.41, 5.74) is 2.85. The third-order valence-electron chi connectivity index (χ3n) is 3.97. The fourth-order valence-corrected chi connectivity index (χ4v) is 2.38. The predicted molar refractivity (Wildman–Crippen MR) is 103 cm³/mol. The van der Waals surface area contributed by atoms with Gasteiger partial charge in [0.25, 0.3) is 5.91 Å². The fraction of sp³-hybridized carbons (Fsp3) is 0.333. The van der Waals surface area contributed by atoms with E-state index in [1.165, 1.54) is 5.56 Å². The maximum atomic E-state index is 12.0. The summed E-state index contributed by atoms with van der Waals surface area (Å²) >= 11 is 0. The molecule has 2 aromatic carbocycles. The van der Waals surface area contributed by atoms with Crippen LogP contribution in [-0.2, 0) is 21.4 Å². The van der Waals surface area contributed by atoms with Gasteiger partial charge in [0.15, 0.2) is 6.61 Å². The van der Waals surface area contributed by atoms with Gasteiger partial charge in [-0.25, -0.2) is 0 Å². The number of carbonyl (C=O) groups is 2. The van der Waals surface area contributed by atoms with Crippen LogP contribution in [0.4, 0.5) is 5.69 Å². The zero-order valence-electron chi connectivity index (χ0n) is 15.8. The van der Waals surface area contributed by atoms with Crippen molar-refractivity contribution in [1.82, 2.24) is 5.32 Å². The SMILES string of the molecule is CNC(=O)Cc1ccc(NC(=O)COc2ccc(C(C)(C)C)cc2)cc1. The zero-order chi connectivity index (χ0) is 19.2. The Morgan fingerprint density at radius 2 is 1.54 bits per heavy atom. The third-order valence-corrected chi connectivity index (χ3v) is 3.97. The van der Waals surface area contributed by atoms with Crippen molar-refractivity contribution < 1.29 is 14.3 Å². The second-order valence-corrected chi connectivity index (χ2v) is 7.16. The number of hydrogen-bond donors (Lipinski definition) is 2. The van der Waals surface area contributed by atoms with Gasteiger partial charge in [0, 0.05) is 12.7 Å². The Labute approximate surface area is 154 Å². The lowest BCUT2D eigenvalue weighted by molar-refractivity contribution is -0.120. The van der Waals surface area contributed by atoms with Crippen LogP contribution in [0, 0.1) is 0 Å². The van der Waals surface area contributed by atoms with Gasteiger partial charge in [0.2, 0.25) is 5.91 Å². The molecule has 0 aromatic heterocycles. The number of rotatable bonds is 6. The predicted octanol–water partition coefficient (Wildman–Crippen LogP) is 3.29. The third kappa shape index (κ3) is 5.92. The van der Waals surface area contributed by atoms with Crippen LogP contribution < -0.4 is 15.4 Å². The topological polar surface area (TPSA) is 67.4 Å². The van der Waals surface area contributed by atoms with Crippen LogP contribution in [0.5, 0.6) is 5.75 Å². The van der Waals surface area contributed by atoms with Crippen LogP contribution in [0.25, 0.3) is 0 Å². The van der Waals surface area contributed by atoms with E-state index in [-0.39, 0.29) is 23.8 Å². The first-order chi connectivity index (χ1) is 12.3. The van der Waals surface area contributed by atoms with E-state index >= 15 is 0 Å². The van der Waals surface area contributed by atoms with Crippen LogP contribution in [-0.4, -0.2) is 25.5 Å². The molecular weight excluding hydrogens is 328 g/mol. The summed E-state index contributed by atoms with van der Waals surface area (Å²) in [5.74, 6) is 0.380. The summed E-state index contributed by atoms with van der Waals surface area (Å²) in [6.45, 7) is 6.39. The molecule has 2 aromatic rings. The van der Waals surface area contributed by atoms with Crippen LogP contribution in [0.1, 0.15) is 31.9 Å². The van der Waals surface area contributed by atoms with E-state index < -0.39 is 0 Å². The molecule has 0 radical (unpaired) electrons. The van der Waals surface area contributed by atoms with Crippen LogP contribution in [0.15, 0.2) is 48.5 Å². The van der Waals surface area contributed by atoms with E-state index in [4.69, 9.17) is 4.74 Å². The number of anilines is 1. The van der Waals surface area contributed by atoms with E-state index in [0.717, 1.165) is 5.56 Å². The molecule has 138 valence electrons. The van der Waals surface area contributed by atoms with Crippen molar-refractivity contribution in [3.8, 4) is 5.75 Å². The minimum absolute atomic E-state index is 0.0485. The van der Waals surface area contributed by atoms with Crippen molar-refractivity contribution in [2.45, 2.75) is 32.6 Å². The molecule has 0 fully saturated rings. The lowest BCUT2D eigenvalue weighted by atomic mass is 9.87. The molecule has 5 nitrogen and oxygen atoms in total. The molecule has 0 spiro atoms. The molecule has 0 saturated carbocycles. The molecule has 0 aliphatic rings. The molecule has 0 aliphatic heterocycles. The maximum absolute atomic E-state index is 12.0. The first kappa shape index (κ1) is 19.5. The molecule has 0 aliphatic carbocycles. The van der Waals surface area contributed by atoms with Crippen molar-refractivity contribution >= 4 is 17.5 Å². The molecule has 2 rings (SSSR count). The van der Waals surface area contributed by atoms with Crippen LogP contribution in [0.3, 0.4) is 0 Å². The number of nitrogens with one attached hydrogen (secondary N) is 2. The molecule has 0 heterocycles. The zero-order valence-corrected chi connectivity index (χ0v) is 15.8. The normalized spacial score (nSPS) is 10.9. The van der Waals surface area contributed by atoms with Gasteiger partial charge in [-0.3, -0.25) is 9.59 Å². The highest BCUT2D eigenvalue weighted by Gasteiger charge is 2.13. The van der Waals surface area contributed by atoms with E-state index in [9.17, 15) is 9.59 Å².